The summed E-state index contributed by atoms with van der Waals surface area (Å²) in [4.78, 5) is 28.8. The molecule has 44 heavy (non-hydrogen) atoms. The Bertz CT molecular complexity index is 1650. The number of ether oxygens (including phenoxy) is 1. The molecule has 1 atom stereocenters. The molecule has 0 bridgehead atoms. The van der Waals surface area contributed by atoms with Crippen molar-refractivity contribution >= 4 is 39.1 Å². The first kappa shape index (κ1) is 32.5. The van der Waals surface area contributed by atoms with Gasteiger partial charge in [0.05, 0.1) is 17.2 Å². The number of nitrogens with zero attached hydrogens (tertiary/aromatic N) is 2. The Kier molecular flexibility index (Phi) is 11.0. The number of benzene rings is 4. The fourth-order valence-corrected chi connectivity index (χ4v) is 6.19. The Hall–Kier alpha value is -4.41. The van der Waals surface area contributed by atoms with Gasteiger partial charge >= 0.3 is 0 Å². The van der Waals surface area contributed by atoms with Crippen molar-refractivity contribution in [1.82, 2.24) is 10.2 Å². The molecule has 0 heterocycles. The number of halogens is 2. The average Bonchev–Trinajstić information content (AvgIpc) is 3.03. The van der Waals surface area contributed by atoms with Gasteiger partial charge < -0.3 is 15.0 Å². The van der Waals surface area contributed by atoms with Crippen LogP contribution in [0.25, 0.3) is 0 Å². The normalized spacial score (nSPS) is 11.8. The second-order valence-electron chi connectivity index (χ2n) is 9.86. The van der Waals surface area contributed by atoms with Crippen LogP contribution in [0.5, 0.6) is 5.75 Å². The van der Waals surface area contributed by atoms with E-state index >= 15 is 0 Å². The number of anilines is 1. The summed E-state index contributed by atoms with van der Waals surface area (Å²) in [6, 6.07) is 25.7. The first-order valence-electron chi connectivity index (χ1n) is 13.9. The summed E-state index contributed by atoms with van der Waals surface area (Å²) in [7, 11) is -2.87. The molecule has 11 heteroatoms. The predicted molar refractivity (Wildman–Crippen MR) is 169 cm³/mol. The molecular formula is C33H33ClFN3O5S. The highest BCUT2D eigenvalue weighted by atomic mass is 35.5. The number of hydrogen-bond donors (Lipinski definition) is 1. The van der Waals surface area contributed by atoms with E-state index in [-0.39, 0.29) is 23.5 Å². The van der Waals surface area contributed by atoms with Crippen LogP contribution in [0.3, 0.4) is 0 Å². The van der Waals surface area contributed by atoms with E-state index in [9.17, 15) is 22.4 Å². The van der Waals surface area contributed by atoms with Crippen molar-refractivity contribution in [3.8, 4) is 5.75 Å². The first-order valence-corrected chi connectivity index (χ1v) is 15.7. The van der Waals surface area contributed by atoms with Gasteiger partial charge in [-0.1, -0.05) is 54.1 Å². The summed E-state index contributed by atoms with van der Waals surface area (Å²) >= 11 is 6.09. The summed E-state index contributed by atoms with van der Waals surface area (Å²) < 4.78 is 48.1. The Morgan fingerprint density at radius 2 is 1.52 bits per heavy atom. The lowest BCUT2D eigenvalue weighted by Crippen LogP contribution is -2.53. The predicted octanol–water partition coefficient (Wildman–Crippen LogP) is 5.46. The molecule has 0 aromatic heterocycles. The number of hydrogen-bond acceptors (Lipinski definition) is 5. The number of rotatable bonds is 13. The number of nitrogens with one attached hydrogen (secondary N) is 1. The van der Waals surface area contributed by atoms with Crippen LogP contribution in [0.1, 0.15) is 18.1 Å². The maximum absolute atomic E-state index is 14.3. The van der Waals surface area contributed by atoms with E-state index in [1.165, 1.54) is 24.1 Å². The lowest BCUT2D eigenvalue weighted by atomic mass is 10.0. The highest BCUT2D eigenvalue weighted by molar-refractivity contribution is 7.92. The maximum atomic E-state index is 14.3. The molecule has 230 valence electrons. The minimum absolute atomic E-state index is 0.00857. The van der Waals surface area contributed by atoms with Gasteiger partial charge in [-0.05, 0) is 78.7 Å². The summed E-state index contributed by atoms with van der Waals surface area (Å²) in [5, 5.41) is 3.15. The maximum Gasteiger partial charge on any atom is 0.264 e. The van der Waals surface area contributed by atoms with Crippen molar-refractivity contribution in [3.05, 3.63) is 125 Å². The van der Waals surface area contributed by atoms with Crippen LogP contribution in [0, 0.1) is 5.82 Å². The van der Waals surface area contributed by atoms with E-state index < -0.39 is 40.2 Å². The van der Waals surface area contributed by atoms with E-state index in [0.29, 0.717) is 22.9 Å². The van der Waals surface area contributed by atoms with Gasteiger partial charge in [-0.25, -0.2) is 12.8 Å². The van der Waals surface area contributed by atoms with Gasteiger partial charge in [0.15, 0.2) is 0 Å². The molecule has 4 aromatic rings. The quantitative estimate of drug-likeness (QED) is 0.210. The molecule has 8 nitrogen and oxygen atoms in total. The highest BCUT2D eigenvalue weighted by Gasteiger charge is 2.34. The summed E-state index contributed by atoms with van der Waals surface area (Å²) in [5.41, 5.74) is 1.70. The van der Waals surface area contributed by atoms with Gasteiger partial charge in [-0.15, -0.1) is 0 Å². The number of likely N-dealkylation sites (N-methyl/N-ethyl adjacent to an activating group) is 1. The molecule has 0 aliphatic rings. The van der Waals surface area contributed by atoms with Crippen molar-refractivity contribution < 1.29 is 27.1 Å². The minimum atomic E-state index is -4.35. The second-order valence-corrected chi connectivity index (χ2v) is 12.2. The minimum Gasteiger partial charge on any atom is -0.494 e. The topological polar surface area (TPSA) is 96.0 Å². The number of carbonyl (C=O) groups excluding carboxylic acids is 2. The van der Waals surface area contributed by atoms with Crippen LogP contribution in [0.4, 0.5) is 10.1 Å². The van der Waals surface area contributed by atoms with Crippen molar-refractivity contribution in [2.75, 3.05) is 24.5 Å². The van der Waals surface area contributed by atoms with E-state index in [0.717, 1.165) is 34.1 Å². The van der Waals surface area contributed by atoms with Crippen LogP contribution < -0.4 is 14.4 Å². The summed E-state index contributed by atoms with van der Waals surface area (Å²) in [6.07, 6.45) is 0.188. The van der Waals surface area contributed by atoms with Gasteiger partial charge in [-0.2, -0.15) is 0 Å². The van der Waals surface area contributed by atoms with Crippen LogP contribution in [-0.2, 0) is 32.6 Å². The van der Waals surface area contributed by atoms with Crippen LogP contribution in [-0.4, -0.2) is 51.4 Å². The Labute approximate surface area is 262 Å². The van der Waals surface area contributed by atoms with Crippen molar-refractivity contribution in [3.63, 3.8) is 0 Å². The van der Waals surface area contributed by atoms with Crippen LogP contribution in [0.15, 0.2) is 108 Å². The second kappa shape index (κ2) is 14.9. The number of carbonyl (C=O) groups is 2. The Morgan fingerprint density at radius 1 is 0.886 bits per heavy atom. The summed E-state index contributed by atoms with van der Waals surface area (Å²) in [6.45, 7) is 1.61. The monoisotopic (exact) mass is 637 g/mol. The van der Waals surface area contributed by atoms with E-state index in [2.05, 4.69) is 5.32 Å². The molecule has 0 unspecified atom stereocenters. The van der Waals surface area contributed by atoms with E-state index in [4.69, 9.17) is 16.3 Å². The lowest BCUT2D eigenvalue weighted by Gasteiger charge is -2.33. The highest BCUT2D eigenvalue weighted by Crippen LogP contribution is 2.27. The number of amides is 2. The Morgan fingerprint density at radius 3 is 2.11 bits per heavy atom. The zero-order valence-electron chi connectivity index (χ0n) is 24.3. The molecule has 0 aliphatic carbocycles. The van der Waals surface area contributed by atoms with Crippen molar-refractivity contribution in [2.45, 2.75) is 30.8 Å². The number of sulfonamides is 1. The third kappa shape index (κ3) is 8.15. The summed E-state index contributed by atoms with van der Waals surface area (Å²) in [5.74, 6) is -1.11. The zero-order valence-corrected chi connectivity index (χ0v) is 25.9. The molecule has 0 saturated heterocycles. The van der Waals surface area contributed by atoms with Gasteiger partial charge in [-0.3, -0.25) is 13.9 Å². The average molecular weight is 638 g/mol. The fourth-order valence-electron chi connectivity index (χ4n) is 4.64. The van der Waals surface area contributed by atoms with Gasteiger partial charge in [0, 0.05) is 25.0 Å². The zero-order chi connectivity index (χ0) is 31.7. The standard InChI is InChI=1S/C33H33ClFN3O5S/c1-3-43-29-17-15-28(16-18-29)38(44(41,42)30-19-13-27(35)14-20-30)23-32(39)37(22-25-9-11-26(34)12-10-25)31(33(40)36-2)21-24-7-5-4-6-8-24/h4-20,31H,3,21-23H2,1-2H3,(H,36,40)/t31-/m0/s1. The molecule has 4 aromatic carbocycles. The van der Waals surface area contributed by atoms with Gasteiger partial charge in [0.25, 0.3) is 10.0 Å². The van der Waals surface area contributed by atoms with E-state index in [1.54, 1.807) is 36.4 Å². The largest absolute Gasteiger partial charge is 0.494 e. The molecule has 1 N–H and O–H groups in total. The van der Waals surface area contributed by atoms with Crippen LogP contribution in [0.2, 0.25) is 5.02 Å². The molecule has 0 aliphatic heterocycles. The van der Waals surface area contributed by atoms with E-state index in [1.807, 2.05) is 37.3 Å². The van der Waals surface area contributed by atoms with Crippen LogP contribution >= 0.6 is 11.6 Å². The molecular weight excluding hydrogens is 605 g/mol. The molecule has 0 fully saturated rings. The first-order chi connectivity index (χ1) is 21.1. The Balaban J connectivity index is 1.78. The van der Waals surface area contributed by atoms with Gasteiger partial charge in [0.2, 0.25) is 11.8 Å². The van der Waals surface area contributed by atoms with Crippen molar-refractivity contribution in [1.29, 1.82) is 0 Å². The molecule has 4 rings (SSSR count). The van der Waals surface area contributed by atoms with Gasteiger partial charge in [0.1, 0.15) is 24.2 Å². The lowest BCUT2D eigenvalue weighted by molar-refractivity contribution is -0.139. The SMILES string of the molecule is CCOc1ccc(N(CC(=O)N(Cc2ccc(Cl)cc2)[C@@H](Cc2ccccc2)C(=O)NC)S(=O)(=O)c2ccc(F)cc2)cc1. The molecule has 0 saturated carbocycles. The van der Waals surface area contributed by atoms with Crippen molar-refractivity contribution in [2.24, 2.45) is 0 Å². The third-order valence-corrected chi connectivity index (χ3v) is 8.94. The third-order valence-electron chi connectivity index (χ3n) is 6.90. The molecule has 0 spiro atoms. The molecule has 0 radical (unpaired) electrons. The smallest absolute Gasteiger partial charge is 0.264 e. The fraction of sp³-hybridized carbons (Fsp3) is 0.212. The molecule has 2 amide bonds.